The van der Waals surface area contributed by atoms with Crippen LogP contribution in [0.15, 0.2) is 57.9 Å². The number of hydrogen-bond donors (Lipinski definition) is 1. The molecule has 2 aromatic carbocycles. The molecule has 0 unspecified atom stereocenters. The topological polar surface area (TPSA) is 58.2 Å². The predicted octanol–water partition coefficient (Wildman–Crippen LogP) is 3.28. The van der Waals surface area contributed by atoms with Crippen LogP contribution < -0.4 is 10.1 Å². The Bertz CT molecular complexity index is 928. The van der Waals surface area contributed by atoms with Gasteiger partial charge in [-0.3, -0.25) is 4.99 Å². The van der Waals surface area contributed by atoms with Gasteiger partial charge in [0.1, 0.15) is 22.8 Å². The summed E-state index contributed by atoms with van der Waals surface area (Å²) in [6.07, 6.45) is 0. The number of ether oxygens (including phenoxy) is 1. The molecule has 1 aromatic heterocycles. The van der Waals surface area contributed by atoms with Gasteiger partial charge in [-0.05, 0) is 56.6 Å². The molecule has 0 bridgehead atoms. The second kappa shape index (κ2) is 7.40. The van der Waals surface area contributed by atoms with Crippen LogP contribution in [0.5, 0.6) is 11.5 Å². The molecular weight excluding hydrogens is 316 g/mol. The molecule has 0 saturated carbocycles. The van der Waals surface area contributed by atoms with E-state index >= 15 is 0 Å². The summed E-state index contributed by atoms with van der Waals surface area (Å²) in [5, 5.41) is 11.4. The minimum atomic E-state index is 0.198. The summed E-state index contributed by atoms with van der Waals surface area (Å²) in [7, 11) is 5.68. The smallest absolute Gasteiger partial charge is 0.137 e. The van der Waals surface area contributed by atoms with Crippen molar-refractivity contribution in [2.45, 2.75) is 0 Å². The van der Waals surface area contributed by atoms with Crippen LogP contribution in [0.1, 0.15) is 0 Å². The first-order chi connectivity index (χ1) is 12.1. The van der Waals surface area contributed by atoms with Gasteiger partial charge < -0.3 is 19.2 Å². The number of phenolic OH excluding ortho intramolecular Hbond substituents is 1. The van der Waals surface area contributed by atoms with E-state index in [1.807, 2.05) is 44.4 Å². The molecular formula is C20H22N2O3. The molecule has 1 heterocycles. The predicted molar refractivity (Wildman–Crippen MR) is 98.9 cm³/mol. The summed E-state index contributed by atoms with van der Waals surface area (Å²) in [4.78, 5) is 6.78. The maximum atomic E-state index is 9.81. The summed E-state index contributed by atoms with van der Waals surface area (Å²) in [5.74, 6) is 1.72. The van der Waals surface area contributed by atoms with E-state index in [1.165, 1.54) is 0 Å². The molecule has 0 amide bonds. The average Bonchev–Trinajstić information content (AvgIpc) is 2.61. The van der Waals surface area contributed by atoms with Crippen LogP contribution in [0.2, 0.25) is 0 Å². The first-order valence-electron chi connectivity index (χ1n) is 8.13. The average molecular weight is 338 g/mol. The monoisotopic (exact) mass is 338 g/mol. The van der Waals surface area contributed by atoms with Crippen LogP contribution in [0, 0.1) is 0 Å². The minimum Gasteiger partial charge on any atom is -0.508 e. The second-order valence-corrected chi connectivity index (χ2v) is 6.09. The van der Waals surface area contributed by atoms with E-state index in [0.717, 1.165) is 34.4 Å². The number of methoxy groups -OCH3 is 1. The van der Waals surface area contributed by atoms with Crippen molar-refractivity contribution in [3.8, 4) is 22.8 Å². The van der Waals surface area contributed by atoms with Gasteiger partial charge in [0, 0.05) is 23.6 Å². The van der Waals surface area contributed by atoms with Crippen molar-refractivity contribution in [3.63, 3.8) is 0 Å². The Morgan fingerprint density at radius 3 is 2.52 bits per heavy atom. The Morgan fingerprint density at radius 1 is 1.08 bits per heavy atom. The summed E-state index contributed by atoms with van der Waals surface area (Å²) >= 11 is 0. The molecule has 0 aliphatic carbocycles. The zero-order valence-corrected chi connectivity index (χ0v) is 14.7. The van der Waals surface area contributed by atoms with Crippen molar-refractivity contribution >= 4 is 11.0 Å². The summed E-state index contributed by atoms with van der Waals surface area (Å²) in [6, 6.07) is 14.7. The molecule has 5 heteroatoms. The Hall–Kier alpha value is -2.79. The Kier molecular flexibility index (Phi) is 5.05. The van der Waals surface area contributed by atoms with Crippen LogP contribution in [-0.2, 0) is 0 Å². The SMILES string of the molecule is COc1ccc(-c2cc(=NCCN(C)C)c3cc(O)ccc3o2)cc1. The van der Waals surface area contributed by atoms with Gasteiger partial charge in [0.05, 0.1) is 19.0 Å². The molecule has 1 N–H and O–H groups in total. The third-order valence-electron chi connectivity index (χ3n) is 3.93. The summed E-state index contributed by atoms with van der Waals surface area (Å²) < 4.78 is 11.2. The van der Waals surface area contributed by atoms with Gasteiger partial charge in [0.25, 0.3) is 0 Å². The fraction of sp³-hybridized carbons (Fsp3) is 0.250. The van der Waals surface area contributed by atoms with Gasteiger partial charge in [-0.25, -0.2) is 0 Å². The van der Waals surface area contributed by atoms with E-state index in [9.17, 15) is 5.11 Å². The Labute approximate surface area is 146 Å². The fourth-order valence-corrected chi connectivity index (χ4v) is 2.56. The van der Waals surface area contributed by atoms with Crippen molar-refractivity contribution in [2.24, 2.45) is 4.99 Å². The molecule has 0 aliphatic heterocycles. The molecule has 0 radical (unpaired) electrons. The lowest BCUT2D eigenvalue weighted by Gasteiger charge is -2.08. The van der Waals surface area contributed by atoms with E-state index in [2.05, 4.69) is 4.90 Å². The van der Waals surface area contributed by atoms with E-state index in [1.54, 1.807) is 25.3 Å². The molecule has 0 atom stereocenters. The molecule has 0 spiro atoms. The molecule has 0 saturated heterocycles. The van der Waals surface area contributed by atoms with E-state index in [4.69, 9.17) is 14.1 Å². The lowest BCUT2D eigenvalue weighted by Crippen LogP contribution is -2.17. The van der Waals surface area contributed by atoms with Crippen LogP contribution in [0.25, 0.3) is 22.3 Å². The van der Waals surface area contributed by atoms with Crippen LogP contribution in [0.4, 0.5) is 0 Å². The number of benzene rings is 2. The lowest BCUT2D eigenvalue weighted by atomic mass is 10.1. The van der Waals surface area contributed by atoms with Crippen LogP contribution in [-0.4, -0.2) is 44.3 Å². The zero-order valence-electron chi connectivity index (χ0n) is 14.7. The van der Waals surface area contributed by atoms with Crippen molar-refractivity contribution in [1.29, 1.82) is 0 Å². The van der Waals surface area contributed by atoms with Gasteiger partial charge >= 0.3 is 0 Å². The minimum absolute atomic E-state index is 0.198. The van der Waals surface area contributed by atoms with Crippen molar-refractivity contribution in [1.82, 2.24) is 4.90 Å². The Balaban J connectivity index is 2.11. The highest BCUT2D eigenvalue weighted by molar-refractivity contribution is 5.80. The normalized spacial score (nSPS) is 12.1. The van der Waals surface area contributed by atoms with E-state index in [-0.39, 0.29) is 5.75 Å². The zero-order chi connectivity index (χ0) is 17.8. The summed E-state index contributed by atoms with van der Waals surface area (Å²) in [6.45, 7) is 1.52. The van der Waals surface area contributed by atoms with Gasteiger partial charge in [-0.2, -0.15) is 0 Å². The number of fused-ring (bicyclic) bond motifs is 1. The quantitative estimate of drug-likeness (QED) is 0.776. The molecule has 130 valence electrons. The van der Waals surface area contributed by atoms with Crippen molar-refractivity contribution in [3.05, 3.63) is 53.9 Å². The molecule has 0 fully saturated rings. The largest absolute Gasteiger partial charge is 0.508 e. The van der Waals surface area contributed by atoms with Gasteiger partial charge in [0.2, 0.25) is 0 Å². The third-order valence-corrected chi connectivity index (χ3v) is 3.93. The second-order valence-electron chi connectivity index (χ2n) is 6.09. The Morgan fingerprint density at radius 2 is 1.84 bits per heavy atom. The standard InChI is InChI=1S/C20H22N2O3/c1-22(2)11-10-21-18-13-20(14-4-7-16(24-3)8-5-14)25-19-9-6-15(23)12-17(18)19/h4-9,12-13,23H,10-11H2,1-3H3. The molecule has 0 aliphatic rings. The highest BCUT2D eigenvalue weighted by Crippen LogP contribution is 2.25. The van der Waals surface area contributed by atoms with Crippen LogP contribution >= 0.6 is 0 Å². The van der Waals surface area contributed by atoms with Crippen molar-refractivity contribution in [2.75, 3.05) is 34.3 Å². The summed E-state index contributed by atoms with van der Waals surface area (Å²) in [5.41, 5.74) is 1.63. The first-order valence-corrected chi connectivity index (χ1v) is 8.13. The number of phenols is 1. The molecule has 3 rings (SSSR count). The molecule has 25 heavy (non-hydrogen) atoms. The maximum Gasteiger partial charge on any atom is 0.137 e. The van der Waals surface area contributed by atoms with Gasteiger partial charge in [-0.15, -0.1) is 0 Å². The molecule has 3 aromatic rings. The lowest BCUT2D eigenvalue weighted by molar-refractivity contribution is 0.415. The highest BCUT2D eigenvalue weighted by atomic mass is 16.5. The van der Waals surface area contributed by atoms with Gasteiger partial charge in [0.15, 0.2) is 0 Å². The van der Waals surface area contributed by atoms with Crippen molar-refractivity contribution < 1.29 is 14.3 Å². The first kappa shape index (κ1) is 17.0. The number of rotatable bonds is 5. The highest BCUT2D eigenvalue weighted by Gasteiger charge is 2.07. The fourth-order valence-electron chi connectivity index (χ4n) is 2.56. The number of nitrogens with zero attached hydrogens (tertiary/aromatic N) is 2. The molecule has 5 nitrogen and oxygen atoms in total. The van der Waals surface area contributed by atoms with E-state index < -0.39 is 0 Å². The number of likely N-dealkylation sites (N-methyl/N-ethyl adjacent to an activating group) is 1. The maximum absolute atomic E-state index is 9.81. The van der Waals surface area contributed by atoms with E-state index in [0.29, 0.717) is 12.1 Å². The third kappa shape index (κ3) is 4.00. The number of aromatic hydroxyl groups is 1. The number of hydrogen-bond acceptors (Lipinski definition) is 5. The van der Waals surface area contributed by atoms with Crippen LogP contribution in [0.3, 0.4) is 0 Å². The van der Waals surface area contributed by atoms with Gasteiger partial charge in [-0.1, -0.05) is 0 Å².